The predicted molar refractivity (Wildman–Crippen MR) is 73.1 cm³/mol. The van der Waals surface area contributed by atoms with Crippen molar-refractivity contribution in [2.24, 2.45) is 0 Å². The normalized spacial score (nSPS) is 18.5. The molecule has 1 amide bonds. The largest absolute Gasteiger partial charge is 0.458 e. The van der Waals surface area contributed by atoms with Gasteiger partial charge in [0.1, 0.15) is 6.10 Å². The van der Waals surface area contributed by atoms with Gasteiger partial charge in [0, 0.05) is 18.8 Å². The number of carbonyl (C=O) groups excluding carboxylic acids is 1. The van der Waals surface area contributed by atoms with E-state index < -0.39 is 18.0 Å². The Balaban J connectivity index is 1.67. The van der Waals surface area contributed by atoms with Gasteiger partial charge in [-0.2, -0.15) is 18.2 Å². The Kier molecular flexibility index (Phi) is 4.36. The average molecular weight is 342 g/mol. The van der Waals surface area contributed by atoms with Crippen molar-refractivity contribution in [2.45, 2.75) is 25.1 Å². The molecule has 0 saturated carbocycles. The SMILES string of the molecule is O=C(c1ccno1)N1CCCC(Oc2nccc(C(F)(F)F)n2)C1. The zero-order valence-electron chi connectivity index (χ0n) is 12.4. The van der Waals surface area contributed by atoms with Crippen LogP contribution in [0.1, 0.15) is 29.1 Å². The van der Waals surface area contributed by atoms with Crippen LogP contribution in [-0.4, -0.2) is 45.1 Å². The van der Waals surface area contributed by atoms with Crippen LogP contribution in [0.5, 0.6) is 6.01 Å². The standard InChI is InChI=1S/C14H13F3N4O3/c15-14(16,17)11-4-5-18-13(20-11)23-9-2-1-7-21(8-9)12(22)10-3-6-19-24-10/h3-6,9H,1-2,7-8H2. The van der Waals surface area contributed by atoms with Crippen molar-refractivity contribution in [3.8, 4) is 6.01 Å². The highest BCUT2D eigenvalue weighted by atomic mass is 19.4. The Morgan fingerprint density at radius 2 is 2.17 bits per heavy atom. The van der Waals surface area contributed by atoms with Crippen LogP contribution in [0.25, 0.3) is 0 Å². The summed E-state index contributed by atoms with van der Waals surface area (Å²) in [5.74, 6) is -0.239. The minimum absolute atomic E-state index is 0.103. The summed E-state index contributed by atoms with van der Waals surface area (Å²) in [7, 11) is 0. The fraction of sp³-hybridized carbons (Fsp3) is 0.429. The van der Waals surface area contributed by atoms with E-state index in [1.165, 1.54) is 17.2 Å². The highest BCUT2D eigenvalue weighted by molar-refractivity contribution is 5.91. The maximum absolute atomic E-state index is 12.7. The Morgan fingerprint density at radius 1 is 1.33 bits per heavy atom. The van der Waals surface area contributed by atoms with E-state index in [4.69, 9.17) is 9.26 Å². The molecule has 2 aromatic heterocycles. The van der Waals surface area contributed by atoms with Crippen molar-refractivity contribution in [1.82, 2.24) is 20.0 Å². The number of hydrogen-bond donors (Lipinski definition) is 0. The molecule has 128 valence electrons. The lowest BCUT2D eigenvalue weighted by molar-refractivity contribution is -0.141. The van der Waals surface area contributed by atoms with Crippen LogP contribution in [0.4, 0.5) is 13.2 Å². The van der Waals surface area contributed by atoms with Gasteiger partial charge in [-0.05, 0) is 18.9 Å². The molecule has 3 heterocycles. The van der Waals surface area contributed by atoms with Crippen molar-refractivity contribution in [3.05, 3.63) is 36.0 Å². The Hall–Kier alpha value is -2.65. The predicted octanol–water partition coefficient (Wildman–Crippen LogP) is 2.17. The molecule has 1 fully saturated rings. The molecule has 2 aromatic rings. The molecule has 1 aliphatic rings. The lowest BCUT2D eigenvalue weighted by Crippen LogP contribution is -2.44. The van der Waals surface area contributed by atoms with Crippen molar-refractivity contribution in [2.75, 3.05) is 13.1 Å². The Morgan fingerprint density at radius 3 is 2.88 bits per heavy atom. The molecule has 0 aromatic carbocycles. The summed E-state index contributed by atoms with van der Waals surface area (Å²) in [5, 5.41) is 3.48. The molecular formula is C14H13F3N4O3. The highest BCUT2D eigenvalue weighted by Gasteiger charge is 2.33. The number of aromatic nitrogens is 3. The van der Waals surface area contributed by atoms with Gasteiger partial charge in [-0.1, -0.05) is 5.16 Å². The molecule has 3 rings (SSSR count). The summed E-state index contributed by atoms with van der Waals surface area (Å²) in [4.78, 5) is 20.8. The van der Waals surface area contributed by atoms with Crippen LogP contribution in [0, 0.1) is 0 Å². The van der Waals surface area contributed by atoms with E-state index >= 15 is 0 Å². The average Bonchev–Trinajstić information content (AvgIpc) is 3.08. The van der Waals surface area contributed by atoms with Gasteiger partial charge in [-0.25, -0.2) is 4.98 Å². The summed E-state index contributed by atoms with van der Waals surface area (Å²) >= 11 is 0. The Labute approximate surface area is 134 Å². The van der Waals surface area contributed by atoms with Gasteiger partial charge in [-0.3, -0.25) is 4.79 Å². The van der Waals surface area contributed by atoms with Gasteiger partial charge in [0.05, 0.1) is 12.7 Å². The molecule has 1 unspecified atom stereocenters. The molecule has 7 nitrogen and oxygen atoms in total. The molecular weight excluding hydrogens is 329 g/mol. The summed E-state index contributed by atoms with van der Waals surface area (Å²) in [6.07, 6.45) is -1.48. The highest BCUT2D eigenvalue weighted by Crippen LogP contribution is 2.28. The van der Waals surface area contributed by atoms with E-state index in [9.17, 15) is 18.0 Å². The van der Waals surface area contributed by atoms with Gasteiger partial charge in [0.25, 0.3) is 5.91 Å². The second-order valence-corrected chi connectivity index (χ2v) is 5.23. The fourth-order valence-corrected chi connectivity index (χ4v) is 2.41. The number of likely N-dealkylation sites (tertiary alicyclic amines) is 1. The molecule has 1 aliphatic heterocycles. The van der Waals surface area contributed by atoms with Crippen LogP contribution < -0.4 is 4.74 Å². The second kappa shape index (κ2) is 6.46. The molecule has 1 atom stereocenters. The number of alkyl halides is 3. The molecule has 10 heteroatoms. The van der Waals surface area contributed by atoms with Gasteiger partial charge < -0.3 is 14.2 Å². The molecule has 0 radical (unpaired) electrons. The number of amides is 1. The number of nitrogens with zero attached hydrogens (tertiary/aromatic N) is 4. The topological polar surface area (TPSA) is 81.4 Å². The van der Waals surface area contributed by atoms with Crippen molar-refractivity contribution in [3.63, 3.8) is 0 Å². The molecule has 1 saturated heterocycles. The first kappa shape index (κ1) is 16.2. The number of piperidine rings is 1. The third-order valence-electron chi connectivity index (χ3n) is 3.51. The zero-order valence-corrected chi connectivity index (χ0v) is 12.4. The molecule has 0 aliphatic carbocycles. The van der Waals surface area contributed by atoms with Crippen molar-refractivity contribution < 1.29 is 27.2 Å². The second-order valence-electron chi connectivity index (χ2n) is 5.23. The summed E-state index contributed by atoms with van der Waals surface area (Å²) < 4.78 is 48.2. The van der Waals surface area contributed by atoms with E-state index in [0.717, 1.165) is 12.3 Å². The third kappa shape index (κ3) is 3.63. The monoisotopic (exact) mass is 342 g/mol. The number of rotatable bonds is 3. The van der Waals surface area contributed by atoms with Crippen LogP contribution in [0.2, 0.25) is 0 Å². The third-order valence-corrected chi connectivity index (χ3v) is 3.51. The lowest BCUT2D eigenvalue weighted by Gasteiger charge is -2.31. The maximum Gasteiger partial charge on any atom is 0.433 e. The number of halogens is 3. The lowest BCUT2D eigenvalue weighted by atomic mass is 10.1. The molecule has 24 heavy (non-hydrogen) atoms. The first-order valence-electron chi connectivity index (χ1n) is 7.20. The summed E-state index contributed by atoms with van der Waals surface area (Å²) in [5.41, 5.74) is -1.07. The van der Waals surface area contributed by atoms with E-state index in [1.807, 2.05) is 0 Å². The fourth-order valence-electron chi connectivity index (χ4n) is 2.41. The van der Waals surface area contributed by atoms with Gasteiger partial charge in [0.15, 0.2) is 5.69 Å². The minimum Gasteiger partial charge on any atom is -0.458 e. The number of carbonyl (C=O) groups is 1. The van der Waals surface area contributed by atoms with Crippen LogP contribution in [-0.2, 0) is 6.18 Å². The van der Waals surface area contributed by atoms with Gasteiger partial charge in [-0.15, -0.1) is 0 Å². The van der Waals surface area contributed by atoms with E-state index in [-0.39, 0.29) is 24.2 Å². The van der Waals surface area contributed by atoms with Crippen LogP contribution >= 0.6 is 0 Å². The zero-order chi connectivity index (χ0) is 17.2. The summed E-state index contributed by atoms with van der Waals surface area (Å²) in [6.45, 7) is 0.710. The molecule has 0 bridgehead atoms. The van der Waals surface area contributed by atoms with E-state index in [1.54, 1.807) is 0 Å². The quantitative estimate of drug-likeness (QED) is 0.850. The maximum atomic E-state index is 12.7. The van der Waals surface area contributed by atoms with Crippen LogP contribution in [0.3, 0.4) is 0 Å². The van der Waals surface area contributed by atoms with Gasteiger partial charge in [0.2, 0.25) is 5.76 Å². The van der Waals surface area contributed by atoms with Gasteiger partial charge >= 0.3 is 12.2 Å². The van der Waals surface area contributed by atoms with Crippen LogP contribution in [0.15, 0.2) is 29.0 Å². The molecule has 0 N–H and O–H groups in total. The first-order chi connectivity index (χ1) is 11.4. The Bertz CT molecular complexity index is 706. The van der Waals surface area contributed by atoms with Crippen molar-refractivity contribution in [1.29, 1.82) is 0 Å². The number of ether oxygens (including phenoxy) is 1. The molecule has 0 spiro atoms. The minimum atomic E-state index is -4.57. The van der Waals surface area contributed by atoms with E-state index in [2.05, 4.69) is 15.1 Å². The van der Waals surface area contributed by atoms with E-state index in [0.29, 0.717) is 19.4 Å². The summed E-state index contributed by atoms with van der Waals surface area (Å²) in [6, 6.07) is 1.86. The first-order valence-corrected chi connectivity index (χ1v) is 7.20. The number of hydrogen-bond acceptors (Lipinski definition) is 6. The van der Waals surface area contributed by atoms with Crippen molar-refractivity contribution >= 4 is 5.91 Å². The smallest absolute Gasteiger partial charge is 0.433 e.